The van der Waals surface area contributed by atoms with Crippen LogP contribution in [0.15, 0.2) is 54.6 Å². The first-order valence-electron chi connectivity index (χ1n) is 11.1. The van der Waals surface area contributed by atoms with Gasteiger partial charge in [-0.15, -0.1) is 0 Å². The number of alkyl halides is 3. The second-order valence-corrected chi connectivity index (χ2v) is 9.11. The molecule has 1 aliphatic carbocycles. The largest absolute Gasteiger partial charge is 0.406 e. The monoisotopic (exact) mass is 461 g/mol. The molecular formula is C25H27F4N3O. The molecule has 1 fully saturated rings. The number of benzene rings is 2. The van der Waals surface area contributed by atoms with Gasteiger partial charge >= 0.3 is 6.18 Å². The molecule has 1 aliphatic rings. The number of rotatable bonds is 6. The number of fused-ring (bicyclic) bond motifs is 1. The van der Waals surface area contributed by atoms with Gasteiger partial charge in [-0.1, -0.05) is 30.3 Å². The van der Waals surface area contributed by atoms with Gasteiger partial charge in [0, 0.05) is 29.0 Å². The Morgan fingerprint density at radius 2 is 1.97 bits per heavy atom. The summed E-state index contributed by atoms with van der Waals surface area (Å²) < 4.78 is 54.0. The third-order valence-electron chi connectivity index (χ3n) is 6.37. The molecule has 1 unspecified atom stereocenters. The Hall–Kier alpha value is -2.87. The number of aromatic amines is 1. The van der Waals surface area contributed by atoms with E-state index in [9.17, 15) is 22.4 Å². The molecular weight excluding hydrogens is 434 g/mol. The summed E-state index contributed by atoms with van der Waals surface area (Å²) in [4.78, 5) is 17.2. The summed E-state index contributed by atoms with van der Waals surface area (Å²) >= 11 is 0. The smallest absolute Gasteiger partial charge is 0.351 e. The summed E-state index contributed by atoms with van der Waals surface area (Å²) in [5, 5.41) is 4.17. The Kier molecular flexibility index (Phi) is 6.47. The molecule has 0 saturated heterocycles. The zero-order valence-electron chi connectivity index (χ0n) is 18.4. The predicted molar refractivity (Wildman–Crippen MR) is 119 cm³/mol. The number of carbonyl (C=O) groups excluding carboxylic acids is 1. The van der Waals surface area contributed by atoms with E-state index in [1.807, 2.05) is 19.1 Å². The van der Waals surface area contributed by atoms with Crippen molar-refractivity contribution in [1.29, 1.82) is 0 Å². The first kappa shape index (κ1) is 23.3. The molecule has 1 heterocycles. The van der Waals surface area contributed by atoms with Crippen molar-refractivity contribution in [3.8, 4) is 0 Å². The van der Waals surface area contributed by atoms with E-state index in [0.717, 1.165) is 22.3 Å². The first-order chi connectivity index (χ1) is 15.6. The number of aromatic nitrogens is 1. The molecule has 0 bridgehead atoms. The minimum Gasteiger partial charge on any atom is -0.351 e. The number of para-hydroxylation sites is 1. The number of nitrogens with zero attached hydrogens (tertiary/aromatic N) is 1. The van der Waals surface area contributed by atoms with Crippen molar-refractivity contribution in [2.75, 3.05) is 6.54 Å². The SMILES string of the molecule is CC1(NCc2cccc(F)c2)CCC[C@H](N(CC(F)(F)F)C(=O)c2cc3ccccc3[nH]2)C1. The topological polar surface area (TPSA) is 48.1 Å². The molecule has 0 radical (unpaired) electrons. The van der Waals surface area contributed by atoms with Crippen LogP contribution in [0, 0.1) is 5.82 Å². The standard InChI is InChI=1S/C25H27F4N3O/c1-24(30-15-17-6-4-8-19(26)12-17)11-5-9-20(14-24)32(16-25(27,28)29)23(33)22-13-18-7-2-3-10-21(18)31-22/h2-4,6-8,10,12-13,20,30-31H,5,9,11,14-16H2,1H3/t20-,24?/m0/s1. The second kappa shape index (κ2) is 9.17. The Labute approximate surface area is 190 Å². The Bertz CT molecular complexity index is 1090. The number of H-pyrrole nitrogens is 1. The van der Waals surface area contributed by atoms with Crippen LogP contribution in [0.2, 0.25) is 0 Å². The summed E-state index contributed by atoms with van der Waals surface area (Å²) in [6, 6.07) is 14.5. The molecule has 3 aromatic rings. The van der Waals surface area contributed by atoms with E-state index < -0.39 is 30.2 Å². The lowest BCUT2D eigenvalue weighted by Gasteiger charge is -2.43. The van der Waals surface area contributed by atoms with Crippen LogP contribution in [0.3, 0.4) is 0 Å². The molecule has 1 aromatic heterocycles. The van der Waals surface area contributed by atoms with Crippen molar-refractivity contribution in [1.82, 2.24) is 15.2 Å². The van der Waals surface area contributed by atoms with E-state index in [-0.39, 0.29) is 11.5 Å². The van der Waals surface area contributed by atoms with Gasteiger partial charge in [-0.05, 0) is 62.4 Å². The van der Waals surface area contributed by atoms with Crippen LogP contribution in [0.25, 0.3) is 10.9 Å². The minimum absolute atomic E-state index is 0.153. The van der Waals surface area contributed by atoms with Crippen molar-refractivity contribution < 1.29 is 22.4 Å². The lowest BCUT2D eigenvalue weighted by molar-refractivity contribution is -0.146. The summed E-state index contributed by atoms with van der Waals surface area (Å²) in [6.45, 7) is 1.06. The Balaban J connectivity index is 1.54. The van der Waals surface area contributed by atoms with Gasteiger partial charge in [-0.25, -0.2) is 4.39 Å². The van der Waals surface area contributed by atoms with Crippen LogP contribution in [0.1, 0.15) is 48.7 Å². The quantitative estimate of drug-likeness (QED) is 0.456. The number of hydrogen-bond donors (Lipinski definition) is 2. The first-order valence-corrected chi connectivity index (χ1v) is 11.1. The molecule has 4 rings (SSSR count). The number of carbonyl (C=O) groups is 1. The maximum absolute atomic E-state index is 13.5. The van der Waals surface area contributed by atoms with Crippen molar-refractivity contribution in [3.05, 3.63) is 71.7 Å². The van der Waals surface area contributed by atoms with E-state index >= 15 is 0 Å². The number of amides is 1. The fourth-order valence-electron chi connectivity index (χ4n) is 4.74. The van der Waals surface area contributed by atoms with E-state index in [1.165, 1.54) is 12.1 Å². The summed E-state index contributed by atoms with van der Waals surface area (Å²) in [5.41, 5.74) is 1.15. The molecule has 2 N–H and O–H groups in total. The zero-order chi connectivity index (χ0) is 23.6. The van der Waals surface area contributed by atoms with Gasteiger partial charge < -0.3 is 15.2 Å². The molecule has 176 valence electrons. The van der Waals surface area contributed by atoms with E-state index in [2.05, 4.69) is 10.3 Å². The summed E-state index contributed by atoms with van der Waals surface area (Å²) in [7, 11) is 0. The highest BCUT2D eigenvalue weighted by Gasteiger charge is 2.41. The number of hydrogen-bond acceptors (Lipinski definition) is 2. The van der Waals surface area contributed by atoms with Crippen molar-refractivity contribution in [2.45, 2.75) is 56.9 Å². The maximum atomic E-state index is 13.5. The lowest BCUT2D eigenvalue weighted by atomic mass is 9.79. The molecule has 0 spiro atoms. The highest BCUT2D eigenvalue weighted by Crippen LogP contribution is 2.34. The molecule has 8 heteroatoms. The predicted octanol–water partition coefficient (Wildman–Crippen LogP) is 5.80. The van der Waals surface area contributed by atoms with Crippen LogP contribution in [-0.4, -0.2) is 40.1 Å². The third-order valence-corrected chi connectivity index (χ3v) is 6.37. The van der Waals surface area contributed by atoms with Gasteiger partial charge in [0.15, 0.2) is 0 Å². The maximum Gasteiger partial charge on any atom is 0.406 e. The van der Waals surface area contributed by atoms with Crippen molar-refractivity contribution >= 4 is 16.8 Å². The van der Waals surface area contributed by atoms with Gasteiger partial charge in [0.25, 0.3) is 5.91 Å². The zero-order valence-corrected chi connectivity index (χ0v) is 18.4. The fraction of sp³-hybridized carbons (Fsp3) is 0.400. The van der Waals surface area contributed by atoms with E-state index in [1.54, 1.807) is 30.3 Å². The highest BCUT2D eigenvalue weighted by molar-refractivity contribution is 5.98. The van der Waals surface area contributed by atoms with E-state index in [4.69, 9.17) is 0 Å². The molecule has 33 heavy (non-hydrogen) atoms. The molecule has 2 aromatic carbocycles. The average molecular weight is 462 g/mol. The van der Waals surface area contributed by atoms with Gasteiger partial charge in [-0.3, -0.25) is 4.79 Å². The third kappa shape index (κ3) is 5.74. The van der Waals surface area contributed by atoms with Crippen molar-refractivity contribution in [2.24, 2.45) is 0 Å². The van der Waals surface area contributed by atoms with Crippen molar-refractivity contribution in [3.63, 3.8) is 0 Å². The highest BCUT2D eigenvalue weighted by atomic mass is 19.4. The van der Waals surface area contributed by atoms with Crippen LogP contribution < -0.4 is 5.32 Å². The summed E-state index contributed by atoms with van der Waals surface area (Å²) in [5.74, 6) is -0.982. The minimum atomic E-state index is -4.51. The van der Waals surface area contributed by atoms with Crippen LogP contribution in [0.5, 0.6) is 0 Å². The van der Waals surface area contributed by atoms with Crippen LogP contribution in [-0.2, 0) is 6.54 Å². The molecule has 2 atom stereocenters. The Morgan fingerprint density at radius 1 is 1.18 bits per heavy atom. The molecule has 4 nitrogen and oxygen atoms in total. The fourth-order valence-corrected chi connectivity index (χ4v) is 4.74. The van der Waals surface area contributed by atoms with Crippen LogP contribution >= 0.6 is 0 Å². The van der Waals surface area contributed by atoms with Gasteiger partial charge in [-0.2, -0.15) is 13.2 Å². The van der Waals surface area contributed by atoms with E-state index in [0.29, 0.717) is 31.3 Å². The normalized spacial score (nSPS) is 21.3. The average Bonchev–Trinajstić information content (AvgIpc) is 3.20. The van der Waals surface area contributed by atoms with Crippen LogP contribution in [0.4, 0.5) is 17.6 Å². The summed E-state index contributed by atoms with van der Waals surface area (Å²) in [6.07, 6.45) is -2.18. The lowest BCUT2D eigenvalue weighted by Crippen LogP contribution is -2.54. The Morgan fingerprint density at radius 3 is 2.70 bits per heavy atom. The van der Waals surface area contributed by atoms with Gasteiger partial charge in [0.05, 0.1) is 0 Å². The molecule has 0 aliphatic heterocycles. The molecule has 1 amide bonds. The number of nitrogens with one attached hydrogen (secondary N) is 2. The van der Waals surface area contributed by atoms with Gasteiger partial charge in [0.2, 0.25) is 0 Å². The molecule has 1 saturated carbocycles. The van der Waals surface area contributed by atoms with Gasteiger partial charge in [0.1, 0.15) is 18.1 Å². The number of halogens is 4. The second-order valence-electron chi connectivity index (χ2n) is 9.11.